The Labute approximate surface area is 74.1 Å². The van der Waals surface area contributed by atoms with Crippen molar-refractivity contribution >= 4 is 5.91 Å². The number of hydrogen-bond acceptors (Lipinski definition) is 2. The van der Waals surface area contributed by atoms with Crippen LogP contribution in [0.25, 0.3) is 0 Å². The highest BCUT2D eigenvalue weighted by Crippen LogP contribution is 2.22. The third-order valence-corrected chi connectivity index (χ3v) is 2.78. The molecule has 1 fully saturated rings. The van der Waals surface area contributed by atoms with E-state index in [-0.39, 0.29) is 17.6 Å². The topological polar surface area (TPSA) is 32.3 Å². The SMILES string of the molecule is CCN1C(=O)C(C)(CC)NC1C. The van der Waals surface area contributed by atoms with Crippen molar-refractivity contribution in [3.05, 3.63) is 0 Å². The highest BCUT2D eigenvalue weighted by atomic mass is 16.2. The normalized spacial score (nSPS) is 36.2. The first-order chi connectivity index (χ1) is 5.55. The van der Waals surface area contributed by atoms with Gasteiger partial charge in [-0.15, -0.1) is 0 Å². The van der Waals surface area contributed by atoms with Crippen molar-refractivity contribution in [2.75, 3.05) is 6.54 Å². The number of rotatable bonds is 2. The second kappa shape index (κ2) is 3.05. The first-order valence-electron chi connectivity index (χ1n) is 4.64. The molecule has 1 saturated heterocycles. The van der Waals surface area contributed by atoms with E-state index in [1.54, 1.807) is 0 Å². The molecule has 0 aromatic heterocycles. The number of carbonyl (C=O) groups is 1. The number of carbonyl (C=O) groups excluding carboxylic acids is 1. The first-order valence-corrected chi connectivity index (χ1v) is 4.64. The highest BCUT2D eigenvalue weighted by Gasteiger charge is 2.43. The van der Waals surface area contributed by atoms with Gasteiger partial charge < -0.3 is 4.90 Å². The van der Waals surface area contributed by atoms with Crippen LogP contribution in [-0.4, -0.2) is 29.1 Å². The van der Waals surface area contributed by atoms with Crippen molar-refractivity contribution in [1.82, 2.24) is 10.2 Å². The molecule has 0 aromatic carbocycles. The van der Waals surface area contributed by atoms with Gasteiger partial charge in [0.2, 0.25) is 5.91 Å². The summed E-state index contributed by atoms with van der Waals surface area (Å²) in [5, 5.41) is 3.31. The minimum Gasteiger partial charge on any atom is -0.326 e. The van der Waals surface area contributed by atoms with Crippen LogP contribution in [0.1, 0.15) is 34.1 Å². The molecule has 0 bridgehead atoms. The summed E-state index contributed by atoms with van der Waals surface area (Å²) in [5.74, 6) is 0.236. The Bertz CT molecular complexity index is 193. The van der Waals surface area contributed by atoms with Crippen molar-refractivity contribution in [2.24, 2.45) is 0 Å². The molecule has 2 atom stereocenters. The maximum absolute atomic E-state index is 11.8. The van der Waals surface area contributed by atoms with E-state index in [1.165, 1.54) is 0 Å². The summed E-state index contributed by atoms with van der Waals surface area (Å²) in [6.45, 7) is 8.85. The van der Waals surface area contributed by atoms with E-state index in [9.17, 15) is 4.79 Å². The largest absolute Gasteiger partial charge is 0.326 e. The van der Waals surface area contributed by atoms with Crippen molar-refractivity contribution in [3.8, 4) is 0 Å². The molecule has 0 spiro atoms. The van der Waals surface area contributed by atoms with Crippen LogP contribution in [0.15, 0.2) is 0 Å². The average molecular weight is 170 g/mol. The summed E-state index contributed by atoms with van der Waals surface area (Å²) < 4.78 is 0. The Morgan fingerprint density at radius 1 is 1.58 bits per heavy atom. The van der Waals surface area contributed by atoms with Crippen molar-refractivity contribution in [3.63, 3.8) is 0 Å². The molecule has 0 saturated carbocycles. The second-order valence-corrected chi connectivity index (χ2v) is 3.60. The van der Waals surface area contributed by atoms with E-state index >= 15 is 0 Å². The molecule has 0 aliphatic carbocycles. The third kappa shape index (κ3) is 1.22. The van der Waals surface area contributed by atoms with Gasteiger partial charge in [-0.3, -0.25) is 10.1 Å². The van der Waals surface area contributed by atoms with Crippen LogP contribution in [0.5, 0.6) is 0 Å². The van der Waals surface area contributed by atoms with Gasteiger partial charge in [0.05, 0.1) is 11.7 Å². The second-order valence-electron chi connectivity index (χ2n) is 3.60. The minimum atomic E-state index is -0.324. The van der Waals surface area contributed by atoms with E-state index in [0.29, 0.717) is 0 Å². The fourth-order valence-corrected chi connectivity index (χ4v) is 1.76. The Kier molecular flexibility index (Phi) is 2.42. The summed E-state index contributed by atoms with van der Waals surface area (Å²) in [6.07, 6.45) is 1.04. The Morgan fingerprint density at radius 3 is 2.42 bits per heavy atom. The molecule has 0 aromatic rings. The van der Waals surface area contributed by atoms with Crippen LogP contribution in [0.2, 0.25) is 0 Å². The van der Waals surface area contributed by atoms with Crippen LogP contribution < -0.4 is 5.32 Å². The van der Waals surface area contributed by atoms with Crippen LogP contribution >= 0.6 is 0 Å². The number of hydrogen-bond donors (Lipinski definition) is 1. The molecule has 1 aliphatic rings. The van der Waals surface area contributed by atoms with Gasteiger partial charge in [0.15, 0.2) is 0 Å². The first kappa shape index (κ1) is 9.52. The number of amides is 1. The smallest absolute Gasteiger partial charge is 0.243 e. The zero-order chi connectivity index (χ0) is 9.35. The molecule has 3 nitrogen and oxygen atoms in total. The summed E-state index contributed by atoms with van der Waals surface area (Å²) in [4.78, 5) is 13.6. The molecular formula is C9H18N2O. The molecule has 3 heteroatoms. The predicted octanol–water partition coefficient (Wildman–Crippen LogP) is 0.953. The maximum Gasteiger partial charge on any atom is 0.243 e. The average Bonchev–Trinajstić information content (AvgIpc) is 2.25. The molecule has 1 aliphatic heterocycles. The number of likely N-dealkylation sites (N-methyl/N-ethyl adjacent to an activating group) is 1. The molecule has 70 valence electrons. The van der Waals surface area contributed by atoms with Crippen LogP contribution in [0.3, 0.4) is 0 Å². The summed E-state index contributed by atoms with van der Waals surface area (Å²) in [7, 11) is 0. The number of nitrogens with one attached hydrogen (secondary N) is 1. The summed E-state index contributed by atoms with van der Waals surface area (Å²) in [6, 6.07) is 0. The zero-order valence-electron chi connectivity index (χ0n) is 8.35. The lowest BCUT2D eigenvalue weighted by molar-refractivity contribution is -0.132. The van der Waals surface area contributed by atoms with Gasteiger partial charge in [-0.2, -0.15) is 0 Å². The lowest BCUT2D eigenvalue weighted by Crippen LogP contribution is -2.43. The van der Waals surface area contributed by atoms with Crippen LogP contribution in [0.4, 0.5) is 0 Å². The van der Waals surface area contributed by atoms with Crippen molar-refractivity contribution < 1.29 is 4.79 Å². The summed E-state index contributed by atoms with van der Waals surface area (Å²) >= 11 is 0. The number of nitrogens with zero attached hydrogens (tertiary/aromatic N) is 1. The molecule has 1 amide bonds. The third-order valence-electron chi connectivity index (χ3n) is 2.78. The molecule has 2 unspecified atom stereocenters. The van der Waals surface area contributed by atoms with E-state index in [4.69, 9.17) is 0 Å². The van der Waals surface area contributed by atoms with Gasteiger partial charge in [-0.25, -0.2) is 0 Å². The van der Waals surface area contributed by atoms with Gasteiger partial charge >= 0.3 is 0 Å². The fourth-order valence-electron chi connectivity index (χ4n) is 1.76. The zero-order valence-corrected chi connectivity index (χ0v) is 8.35. The van der Waals surface area contributed by atoms with Crippen LogP contribution in [-0.2, 0) is 4.79 Å². The Morgan fingerprint density at radius 2 is 2.17 bits per heavy atom. The lowest BCUT2D eigenvalue weighted by atomic mass is 9.99. The lowest BCUT2D eigenvalue weighted by Gasteiger charge is -2.19. The molecular weight excluding hydrogens is 152 g/mol. The molecule has 12 heavy (non-hydrogen) atoms. The van der Waals surface area contributed by atoms with E-state index in [1.807, 2.05) is 32.6 Å². The predicted molar refractivity (Wildman–Crippen MR) is 48.7 cm³/mol. The van der Waals surface area contributed by atoms with Crippen molar-refractivity contribution in [1.29, 1.82) is 0 Å². The quantitative estimate of drug-likeness (QED) is 0.669. The molecule has 1 N–H and O–H groups in total. The van der Waals surface area contributed by atoms with Gasteiger partial charge in [0, 0.05) is 6.54 Å². The van der Waals surface area contributed by atoms with Crippen molar-refractivity contribution in [2.45, 2.75) is 45.8 Å². The molecule has 1 rings (SSSR count). The van der Waals surface area contributed by atoms with E-state index < -0.39 is 0 Å². The highest BCUT2D eigenvalue weighted by molar-refractivity contribution is 5.88. The van der Waals surface area contributed by atoms with Crippen LogP contribution in [0, 0.1) is 0 Å². The summed E-state index contributed by atoms with van der Waals surface area (Å²) in [5.41, 5.74) is -0.324. The van der Waals surface area contributed by atoms with E-state index in [2.05, 4.69) is 5.32 Å². The maximum atomic E-state index is 11.8. The standard InChI is InChI=1S/C9H18N2O/c1-5-9(4)8(12)11(6-2)7(3)10-9/h7,10H,5-6H2,1-4H3. The monoisotopic (exact) mass is 170 g/mol. The Hall–Kier alpha value is -0.570. The van der Waals surface area contributed by atoms with E-state index in [0.717, 1.165) is 13.0 Å². The van der Waals surface area contributed by atoms with Gasteiger partial charge in [-0.05, 0) is 27.2 Å². The minimum absolute atomic E-state index is 0.187. The Balaban J connectivity index is 2.82. The van der Waals surface area contributed by atoms with Gasteiger partial charge in [0.25, 0.3) is 0 Å². The molecule has 0 radical (unpaired) electrons. The van der Waals surface area contributed by atoms with Gasteiger partial charge in [0.1, 0.15) is 0 Å². The van der Waals surface area contributed by atoms with Gasteiger partial charge in [-0.1, -0.05) is 6.92 Å². The fraction of sp³-hybridized carbons (Fsp3) is 0.889. The molecule has 1 heterocycles.